The van der Waals surface area contributed by atoms with Gasteiger partial charge in [0.25, 0.3) is 11.8 Å². The largest absolute Gasteiger partial charge is 0.511 e. The Balaban J connectivity index is 1.13. The van der Waals surface area contributed by atoms with E-state index in [2.05, 4.69) is 25.0 Å². The van der Waals surface area contributed by atoms with Crippen LogP contribution in [0, 0.1) is 5.92 Å². The Bertz CT molecular complexity index is 2380. The minimum absolute atomic E-state index is 0.0623. The number of ether oxygens (including phenoxy) is 3. The summed E-state index contributed by atoms with van der Waals surface area (Å²) >= 11 is 3.81. The lowest BCUT2D eigenvalue weighted by atomic mass is 9.78. The van der Waals surface area contributed by atoms with E-state index in [-0.39, 0.29) is 24.0 Å². The third kappa shape index (κ3) is 9.10. The number of hydrogen-bond donors (Lipinski definition) is 2. The normalized spacial score (nSPS) is 17.0. The summed E-state index contributed by atoms with van der Waals surface area (Å²) in [5.41, 5.74) is 9.17. The zero-order chi connectivity index (χ0) is 42.2. The summed E-state index contributed by atoms with van der Waals surface area (Å²) in [5.74, 6) is -1.84. The molecule has 5 aromatic rings. The summed E-state index contributed by atoms with van der Waals surface area (Å²) in [7, 11) is 0. The van der Waals surface area contributed by atoms with Crippen molar-refractivity contribution in [1.29, 1.82) is 0 Å². The number of allylic oxidation sites excluding steroid dienone is 1. The maximum absolute atomic E-state index is 13.8. The molecule has 0 radical (unpaired) electrons. The second-order valence-corrected chi connectivity index (χ2v) is 16.4. The van der Waals surface area contributed by atoms with Gasteiger partial charge < -0.3 is 30.1 Å². The average molecular weight is 866 g/mol. The number of aromatic nitrogens is 3. The number of carbonyl (C=O) groups excluding carboxylic acids is 4. The first-order valence-corrected chi connectivity index (χ1v) is 21.4. The summed E-state index contributed by atoms with van der Waals surface area (Å²) < 4.78 is 19.5. The number of β-lactam (4-membered cyclic amide) rings is 1. The summed E-state index contributed by atoms with van der Waals surface area (Å²) in [6.07, 6.45) is 1.95. The number of nitrogen functional groups attached to an aromatic ring is 1. The van der Waals surface area contributed by atoms with Gasteiger partial charge in [-0.3, -0.25) is 14.5 Å². The fraction of sp³-hybridized carbons (Fsp3) is 0.238. The Morgan fingerprint density at radius 2 is 1.67 bits per heavy atom. The van der Waals surface area contributed by atoms with Gasteiger partial charge in [-0.2, -0.15) is 0 Å². The molecular weight excluding hydrogens is 827 g/mol. The molecule has 0 aliphatic carbocycles. The van der Waals surface area contributed by atoms with Crippen LogP contribution in [0.25, 0.3) is 17.3 Å². The lowest BCUT2D eigenvalue weighted by Gasteiger charge is -2.49. The number of anilines is 1. The van der Waals surface area contributed by atoms with E-state index in [0.717, 1.165) is 34.4 Å². The first-order chi connectivity index (χ1) is 29.0. The summed E-state index contributed by atoms with van der Waals surface area (Å²) in [6, 6.07) is 25.6. The van der Waals surface area contributed by atoms with Crippen LogP contribution >= 0.6 is 34.6 Å². The molecule has 15 nitrogen and oxygen atoms in total. The molecule has 0 saturated carbocycles. The number of hydrogen-bond acceptors (Lipinski definition) is 16. The van der Waals surface area contributed by atoms with Crippen molar-refractivity contribution in [3.63, 3.8) is 0 Å². The Hall–Kier alpha value is -6.37. The van der Waals surface area contributed by atoms with Gasteiger partial charge in [0, 0.05) is 45.7 Å². The van der Waals surface area contributed by atoms with Crippen LogP contribution in [0.3, 0.4) is 0 Å². The number of amides is 2. The molecule has 1 fully saturated rings. The lowest BCUT2D eigenvalue weighted by Crippen LogP contribution is -2.70. The first kappa shape index (κ1) is 41.8. The molecule has 2 aromatic heterocycles. The van der Waals surface area contributed by atoms with E-state index >= 15 is 0 Å². The fourth-order valence-electron chi connectivity index (χ4n) is 6.57. The highest BCUT2D eigenvalue weighted by Gasteiger charge is 2.54. The van der Waals surface area contributed by atoms with Gasteiger partial charge in [-0.1, -0.05) is 114 Å². The number of benzene rings is 3. The van der Waals surface area contributed by atoms with Crippen molar-refractivity contribution < 1.29 is 38.2 Å². The number of carbonyl (C=O) groups is 4. The highest BCUT2D eigenvalue weighted by Crippen LogP contribution is 2.45. The van der Waals surface area contributed by atoms with E-state index in [9.17, 15) is 19.2 Å². The van der Waals surface area contributed by atoms with Crippen LogP contribution in [-0.4, -0.2) is 79.7 Å². The molecule has 60 heavy (non-hydrogen) atoms. The van der Waals surface area contributed by atoms with E-state index < -0.39 is 47.2 Å². The Kier molecular flexibility index (Phi) is 13.0. The second-order valence-electron chi connectivity index (χ2n) is 13.8. The van der Waals surface area contributed by atoms with Crippen molar-refractivity contribution in [3.05, 3.63) is 135 Å². The zero-order valence-corrected chi connectivity index (χ0v) is 34.9. The second kappa shape index (κ2) is 18.7. The Morgan fingerprint density at radius 1 is 0.967 bits per heavy atom. The topological polar surface area (TPSA) is 198 Å². The fourth-order valence-corrected chi connectivity index (χ4v) is 8.88. The molecule has 308 valence electrons. The molecule has 3 aromatic carbocycles. The SMILES string of the molecule is CC(C)COC(=O)OC(C)OC(=O)C1=C(/C=C\c2csnn2)CSC2C(NC(=O)/C=N\OC(c3ccccc3)(c3ccccc3)c3ccccc3-c3csc(N)n3)C(=O)N12. The maximum atomic E-state index is 13.8. The van der Waals surface area contributed by atoms with Crippen molar-refractivity contribution in [2.45, 2.75) is 44.1 Å². The van der Waals surface area contributed by atoms with Gasteiger partial charge in [0.15, 0.2) is 5.13 Å². The van der Waals surface area contributed by atoms with Crippen molar-refractivity contribution in [2.24, 2.45) is 11.1 Å². The third-order valence-electron chi connectivity index (χ3n) is 9.22. The van der Waals surface area contributed by atoms with Gasteiger partial charge in [-0.25, -0.2) is 14.6 Å². The van der Waals surface area contributed by atoms with Crippen LogP contribution in [0.4, 0.5) is 9.93 Å². The summed E-state index contributed by atoms with van der Waals surface area (Å²) in [6.45, 7) is 5.21. The highest BCUT2D eigenvalue weighted by atomic mass is 32.2. The first-order valence-electron chi connectivity index (χ1n) is 18.7. The molecule has 3 N–H and O–H groups in total. The Labute approximate surface area is 357 Å². The number of oxime groups is 1. The van der Waals surface area contributed by atoms with Crippen molar-refractivity contribution >= 4 is 76.0 Å². The Morgan fingerprint density at radius 3 is 2.32 bits per heavy atom. The van der Waals surface area contributed by atoms with E-state index in [1.54, 1.807) is 17.5 Å². The van der Waals surface area contributed by atoms with Crippen LogP contribution in [-0.2, 0) is 39.0 Å². The monoisotopic (exact) mass is 865 g/mol. The van der Waals surface area contributed by atoms with Gasteiger partial charge in [0.1, 0.15) is 23.3 Å². The number of esters is 1. The van der Waals surface area contributed by atoms with Crippen LogP contribution in [0.1, 0.15) is 43.2 Å². The maximum Gasteiger partial charge on any atom is 0.511 e. The molecule has 18 heteroatoms. The van der Waals surface area contributed by atoms with E-state index in [1.807, 2.05) is 104 Å². The zero-order valence-electron chi connectivity index (χ0n) is 32.5. The van der Waals surface area contributed by atoms with Crippen LogP contribution < -0.4 is 11.1 Å². The molecule has 2 aliphatic heterocycles. The van der Waals surface area contributed by atoms with E-state index in [0.29, 0.717) is 27.7 Å². The number of nitrogens with one attached hydrogen (secondary N) is 1. The third-order valence-corrected chi connectivity index (χ3v) is 11.7. The molecule has 4 heterocycles. The molecule has 0 spiro atoms. The standard InChI is InChI=1S/C42H39N7O8S3/c1-25(2)21-54-41(53)56-26(3)55-39(52)36-27(18-19-30-23-60-48-47-30)22-58-38-35(37(51)49(36)38)46-34(50)20-44-57-42(28-12-6-4-7-13-28,29-14-8-5-9-15-29)32-17-11-10-16-31(32)33-24-59-40(43)45-33/h4-20,23-26,35,38H,21-22H2,1-3H3,(H2,43,45)(H,46,50)/b19-18-,44-20-. The molecule has 3 unspecified atom stereocenters. The van der Waals surface area contributed by atoms with Gasteiger partial charge in [0.2, 0.25) is 11.9 Å². The number of fused-ring (bicyclic) bond motifs is 1. The van der Waals surface area contributed by atoms with Gasteiger partial charge in [-0.15, -0.1) is 28.2 Å². The van der Waals surface area contributed by atoms with Crippen molar-refractivity contribution in [1.82, 2.24) is 24.8 Å². The number of nitrogens with two attached hydrogens (primary N) is 1. The van der Waals surface area contributed by atoms with E-state index in [4.69, 9.17) is 24.8 Å². The average Bonchev–Trinajstić information content (AvgIpc) is 3.95. The van der Waals surface area contributed by atoms with Gasteiger partial charge >= 0.3 is 12.1 Å². The predicted octanol–water partition coefficient (Wildman–Crippen LogP) is 6.60. The van der Waals surface area contributed by atoms with Crippen molar-refractivity contribution in [3.8, 4) is 11.3 Å². The molecule has 3 atom stereocenters. The van der Waals surface area contributed by atoms with Crippen LogP contribution in [0.5, 0.6) is 0 Å². The van der Waals surface area contributed by atoms with Crippen molar-refractivity contribution in [2.75, 3.05) is 18.1 Å². The van der Waals surface area contributed by atoms with Gasteiger partial charge in [0.05, 0.1) is 18.0 Å². The number of rotatable bonds is 15. The molecule has 0 bridgehead atoms. The minimum Gasteiger partial charge on any atom is -0.434 e. The number of thiazole rings is 1. The smallest absolute Gasteiger partial charge is 0.434 e. The number of nitrogens with zero attached hydrogens (tertiary/aromatic N) is 5. The van der Waals surface area contributed by atoms with E-state index in [1.165, 1.54) is 34.9 Å². The summed E-state index contributed by atoms with van der Waals surface area (Å²) in [4.78, 5) is 65.6. The molecular formula is C42H39N7O8S3. The molecule has 2 aliphatic rings. The quantitative estimate of drug-likeness (QED) is 0.0285. The molecule has 1 saturated heterocycles. The highest BCUT2D eigenvalue weighted by molar-refractivity contribution is 8.00. The number of thioether (sulfide) groups is 1. The van der Waals surface area contributed by atoms with Crippen LogP contribution in [0.2, 0.25) is 0 Å². The lowest BCUT2D eigenvalue weighted by molar-refractivity contribution is -0.169. The van der Waals surface area contributed by atoms with Gasteiger partial charge in [-0.05, 0) is 29.1 Å². The minimum atomic E-state index is -1.37. The predicted molar refractivity (Wildman–Crippen MR) is 228 cm³/mol. The molecule has 7 rings (SSSR count). The van der Waals surface area contributed by atoms with Crippen LogP contribution in [0.15, 0.2) is 118 Å². The summed E-state index contributed by atoms with van der Waals surface area (Å²) in [5, 5.41) is 14.3. The molecule has 2 amide bonds.